The highest BCUT2D eigenvalue weighted by Crippen LogP contribution is 2.52. The summed E-state index contributed by atoms with van der Waals surface area (Å²) >= 11 is 0. The van der Waals surface area contributed by atoms with E-state index >= 15 is 0 Å². The maximum atomic E-state index is 12.5. The molecule has 2 aliphatic heterocycles. The number of hydrogen-bond acceptors (Lipinski definition) is 13. The fourth-order valence-corrected chi connectivity index (χ4v) is 12.5. The SMILES string of the molecule is CC1(C)C(/C=C/C=C/C=C/C=C2\N(CCCCS(=O)(=O)[O-])c3ccc4c(S(=O)(=O)O)cc(S(=O)(=O)O)cc4c3C2(C)C)=[N+](CCCCCC(=O)O)c2ccc3c(S(=O)(=O)O)cc(S(=O)(=O)O)cc3c21. The van der Waals surface area contributed by atoms with Gasteiger partial charge in [-0.15, -0.1) is 0 Å². The number of carboxylic acid groups (broad SMARTS) is 1. The van der Waals surface area contributed by atoms with Crippen molar-refractivity contribution < 1.29 is 79.3 Å². The van der Waals surface area contributed by atoms with Gasteiger partial charge >= 0.3 is 5.97 Å². The molecule has 4 aromatic rings. The summed E-state index contributed by atoms with van der Waals surface area (Å²) in [7, 11) is -24.4. The molecular weight excluding hydrogens is 1000 g/mol. The monoisotopic (exact) mass is 1050 g/mol. The van der Waals surface area contributed by atoms with Crippen LogP contribution in [0, 0.1) is 0 Å². The predicted molar refractivity (Wildman–Crippen MR) is 256 cm³/mol. The van der Waals surface area contributed by atoms with Gasteiger partial charge in [-0.3, -0.25) is 23.0 Å². The molecule has 5 N–H and O–H groups in total. The third-order valence-electron chi connectivity index (χ3n) is 12.2. The summed E-state index contributed by atoms with van der Waals surface area (Å²) in [5, 5.41) is 9.39. The first kappa shape index (κ1) is 53.2. The van der Waals surface area contributed by atoms with Crippen LogP contribution in [-0.4, -0.2) is 105 Å². The van der Waals surface area contributed by atoms with Crippen molar-refractivity contribution in [1.29, 1.82) is 0 Å². The van der Waals surface area contributed by atoms with Gasteiger partial charge in [-0.25, -0.2) is 8.42 Å². The molecule has 0 atom stereocenters. The number of aliphatic carboxylic acids is 1. The van der Waals surface area contributed by atoms with E-state index < -0.39 is 92.7 Å². The Bertz CT molecular complexity index is 3540. The van der Waals surface area contributed by atoms with E-state index in [0.29, 0.717) is 71.9 Å². The van der Waals surface area contributed by atoms with Gasteiger partial charge in [-0.1, -0.05) is 50.3 Å². The Morgan fingerprint density at radius 2 is 1.16 bits per heavy atom. The highest BCUT2D eigenvalue weighted by molar-refractivity contribution is 7.87. The van der Waals surface area contributed by atoms with Crippen LogP contribution < -0.4 is 4.90 Å². The smallest absolute Gasteiger partial charge is 0.303 e. The van der Waals surface area contributed by atoms with Gasteiger partial charge in [0.15, 0.2) is 5.71 Å². The van der Waals surface area contributed by atoms with Gasteiger partial charge in [-0.2, -0.15) is 38.2 Å². The fourth-order valence-electron chi connectivity index (χ4n) is 9.24. The zero-order chi connectivity index (χ0) is 51.3. The lowest BCUT2D eigenvalue weighted by atomic mass is 9.79. The van der Waals surface area contributed by atoms with E-state index in [1.54, 1.807) is 68.5 Å². The van der Waals surface area contributed by atoms with Crippen molar-refractivity contribution in [2.24, 2.45) is 0 Å². The Hall–Kier alpha value is -5.15. The minimum absolute atomic E-state index is 0.0140. The largest absolute Gasteiger partial charge is 0.748 e. The summed E-state index contributed by atoms with van der Waals surface area (Å²) in [6, 6.07) is 9.62. The molecule has 0 aromatic heterocycles. The van der Waals surface area contributed by atoms with Crippen LogP contribution in [0.4, 0.5) is 11.4 Å². The van der Waals surface area contributed by atoms with Gasteiger partial charge in [-0.05, 0) is 98.3 Å². The molecule has 4 aromatic carbocycles. The molecule has 0 radical (unpaired) electrons. The number of nitrogens with zero attached hydrogens (tertiary/aromatic N) is 2. The van der Waals surface area contributed by atoms with Crippen LogP contribution in [0.3, 0.4) is 0 Å². The Kier molecular flexibility index (Phi) is 14.8. The third-order valence-corrected chi connectivity index (χ3v) is 16.4. The van der Waals surface area contributed by atoms with Crippen LogP contribution in [0.1, 0.15) is 77.3 Å². The standard InChI is InChI=1S/C45H50N2O17S5/c1-44(2)39(46(22-12-8-11-17-41(48)49)35-20-18-31-33(42(35)44)25-29(66(53,54)55)27-37(31)68(59,60)61)15-9-6-5-7-10-16-40-45(3,4)43-34-26-30(67(56,57)58)28-38(69(62,63)64)32(34)19-21-36(43)47(40)23-13-14-24-65(50,51)52/h5-7,9-10,15-16,18-21,25-28H,8,11-14,17,22-24H2,1-4H3,(H5-,48,49,50,51,52,53,54,55,56,57,58,59,60,61,62,63,64). The molecule has 0 spiro atoms. The van der Waals surface area contributed by atoms with Gasteiger partial charge in [0.1, 0.15) is 16.3 Å². The number of rotatable bonds is 19. The number of carboxylic acids is 1. The lowest BCUT2D eigenvalue weighted by Gasteiger charge is -2.27. The zero-order valence-electron chi connectivity index (χ0n) is 37.6. The first-order chi connectivity index (χ1) is 31.8. The molecular formula is C45H50N2O17S5. The molecule has 0 amide bonds. The summed E-state index contributed by atoms with van der Waals surface area (Å²) in [4.78, 5) is 10.0. The average molecular weight is 1050 g/mol. The molecule has 19 nitrogen and oxygen atoms in total. The minimum atomic E-state index is -5.00. The number of carbonyl (C=O) groups is 1. The van der Waals surface area contributed by atoms with Crippen LogP contribution in [0.5, 0.6) is 0 Å². The maximum Gasteiger partial charge on any atom is 0.303 e. The summed E-state index contributed by atoms with van der Waals surface area (Å²) in [6.07, 6.45) is 13.8. The van der Waals surface area contributed by atoms with E-state index in [1.807, 2.05) is 23.3 Å². The lowest BCUT2D eigenvalue weighted by Crippen LogP contribution is -2.28. The van der Waals surface area contributed by atoms with Crippen LogP contribution in [0.15, 0.2) is 116 Å². The summed E-state index contributed by atoms with van der Waals surface area (Å²) in [5.41, 5.74) is 1.34. The van der Waals surface area contributed by atoms with Crippen LogP contribution >= 0.6 is 0 Å². The van der Waals surface area contributed by atoms with Gasteiger partial charge < -0.3 is 14.6 Å². The maximum absolute atomic E-state index is 12.5. The Balaban J connectivity index is 1.39. The Morgan fingerprint density at radius 3 is 1.70 bits per heavy atom. The molecule has 0 unspecified atom stereocenters. The molecule has 0 aliphatic carbocycles. The predicted octanol–water partition coefficient (Wildman–Crippen LogP) is 6.68. The van der Waals surface area contributed by atoms with Gasteiger partial charge in [0.05, 0.1) is 25.3 Å². The number of benzene rings is 4. The summed E-state index contributed by atoms with van der Waals surface area (Å²) < 4.78 is 176. The molecule has 24 heteroatoms. The van der Waals surface area contributed by atoms with Gasteiger partial charge in [0.25, 0.3) is 40.5 Å². The first-order valence-corrected chi connectivity index (χ1v) is 28.5. The summed E-state index contributed by atoms with van der Waals surface area (Å²) in [5.74, 6) is -1.55. The second-order valence-electron chi connectivity index (χ2n) is 17.6. The average Bonchev–Trinajstić information content (AvgIpc) is 3.57. The molecule has 2 aliphatic rings. The highest BCUT2D eigenvalue weighted by atomic mass is 32.2. The van der Waals surface area contributed by atoms with Crippen molar-refractivity contribution in [3.8, 4) is 0 Å². The lowest BCUT2D eigenvalue weighted by molar-refractivity contribution is -0.438. The molecule has 0 fully saturated rings. The van der Waals surface area contributed by atoms with Crippen molar-refractivity contribution in [1.82, 2.24) is 0 Å². The number of fused-ring (bicyclic) bond motifs is 6. The van der Waals surface area contributed by atoms with Crippen LogP contribution in [0.25, 0.3) is 21.5 Å². The number of hydrogen-bond donors (Lipinski definition) is 5. The molecule has 0 bridgehead atoms. The molecule has 69 heavy (non-hydrogen) atoms. The quantitative estimate of drug-likeness (QED) is 0.0283. The van der Waals surface area contributed by atoms with E-state index in [9.17, 15) is 69.6 Å². The van der Waals surface area contributed by atoms with Crippen molar-refractivity contribution >= 4 is 95.2 Å². The first-order valence-electron chi connectivity index (χ1n) is 21.2. The van der Waals surface area contributed by atoms with Crippen molar-refractivity contribution in [3.05, 3.63) is 108 Å². The van der Waals surface area contributed by atoms with Gasteiger partial charge in [0.2, 0.25) is 5.69 Å². The third kappa shape index (κ3) is 11.4. The molecule has 2 heterocycles. The van der Waals surface area contributed by atoms with Crippen molar-refractivity contribution in [2.45, 2.75) is 96.6 Å². The Morgan fingerprint density at radius 1 is 0.623 bits per heavy atom. The normalized spacial score (nSPS) is 17.1. The topological polar surface area (TPSA) is 318 Å². The second kappa shape index (κ2) is 19.2. The molecule has 372 valence electrons. The highest BCUT2D eigenvalue weighted by Gasteiger charge is 2.46. The van der Waals surface area contributed by atoms with E-state index in [1.165, 1.54) is 12.1 Å². The van der Waals surface area contributed by atoms with E-state index in [-0.39, 0.29) is 47.4 Å². The van der Waals surface area contributed by atoms with Gasteiger partial charge in [0, 0.05) is 70.4 Å². The second-order valence-corrected chi connectivity index (χ2v) is 24.8. The number of unbranched alkanes of at least 4 members (excludes halogenated alkanes) is 3. The number of allylic oxidation sites excluding steroid dienone is 8. The Labute approximate surface area is 400 Å². The zero-order valence-corrected chi connectivity index (χ0v) is 41.7. The van der Waals surface area contributed by atoms with E-state index in [0.717, 1.165) is 12.1 Å². The van der Waals surface area contributed by atoms with Crippen LogP contribution in [-0.2, 0) is 66.2 Å². The van der Waals surface area contributed by atoms with E-state index in [2.05, 4.69) is 0 Å². The minimum Gasteiger partial charge on any atom is -0.748 e. The van der Waals surface area contributed by atoms with Crippen molar-refractivity contribution in [2.75, 3.05) is 23.7 Å². The molecule has 0 saturated carbocycles. The van der Waals surface area contributed by atoms with Crippen LogP contribution in [0.2, 0.25) is 0 Å². The summed E-state index contributed by atoms with van der Waals surface area (Å²) in [6.45, 7) is 7.79. The molecule has 0 saturated heterocycles. The molecule has 6 rings (SSSR count). The van der Waals surface area contributed by atoms with Crippen molar-refractivity contribution in [3.63, 3.8) is 0 Å². The van der Waals surface area contributed by atoms with E-state index in [4.69, 9.17) is 5.11 Å². The fraction of sp³-hybridized carbons (Fsp3) is 0.333. The number of anilines is 1.